The molecule has 1 N–H and O–H groups in total. The lowest BCUT2D eigenvalue weighted by Gasteiger charge is -2.19. The van der Waals surface area contributed by atoms with Crippen LogP contribution in [0.5, 0.6) is 0 Å². The van der Waals surface area contributed by atoms with E-state index in [1.807, 2.05) is 12.3 Å². The molecule has 0 aromatic carbocycles. The predicted molar refractivity (Wildman–Crippen MR) is 87.3 cm³/mol. The van der Waals surface area contributed by atoms with Crippen LogP contribution in [0, 0.1) is 6.92 Å². The summed E-state index contributed by atoms with van der Waals surface area (Å²) in [6.45, 7) is 6.99. The second-order valence-corrected chi connectivity index (χ2v) is 5.31. The Bertz CT molecular complexity index is 554. The fourth-order valence-electron chi connectivity index (χ4n) is 2.22. The highest BCUT2D eigenvalue weighted by atomic mass is 15.2. The minimum atomic E-state index is 0.813. The van der Waals surface area contributed by atoms with Crippen LogP contribution in [0.1, 0.15) is 30.2 Å². The van der Waals surface area contributed by atoms with Crippen LogP contribution in [0.15, 0.2) is 36.7 Å². The Balaban J connectivity index is 2.01. The van der Waals surface area contributed by atoms with Gasteiger partial charge in [0, 0.05) is 38.2 Å². The fraction of sp³-hybridized carbons (Fsp3) is 0.412. The van der Waals surface area contributed by atoms with Crippen molar-refractivity contribution in [1.82, 2.24) is 15.3 Å². The topological polar surface area (TPSA) is 41.0 Å². The maximum absolute atomic E-state index is 4.71. The molecule has 0 bridgehead atoms. The van der Waals surface area contributed by atoms with Gasteiger partial charge in [-0.25, -0.2) is 4.98 Å². The van der Waals surface area contributed by atoms with Crippen LogP contribution in [0.2, 0.25) is 0 Å². The van der Waals surface area contributed by atoms with Gasteiger partial charge in [-0.2, -0.15) is 0 Å². The Kier molecular flexibility index (Phi) is 5.69. The van der Waals surface area contributed by atoms with E-state index in [0.717, 1.165) is 37.6 Å². The molecule has 0 spiro atoms. The summed E-state index contributed by atoms with van der Waals surface area (Å²) in [6.07, 6.45) is 4.84. The highest BCUT2D eigenvalue weighted by Crippen LogP contribution is 2.15. The van der Waals surface area contributed by atoms with Crippen molar-refractivity contribution in [3.8, 4) is 0 Å². The minimum Gasteiger partial charge on any atom is -0.355 e. The first kappa shape index (κ1) is 15.4. The van der Waals surface area contributed by atoms with Crippen molar-refractivity contribution in [2.24, 2.45) is 0 Å². The third-order valence-corrected chi connectivity index (χ3v) is 3.46. The van der Waals surface area contributed by atoms with E-state index in [1.54, 1.807) is 6.20 Å². The molecule has 0 aliphatic rings. The number of aryl methyl sites for hydroxylation is 1. The number of nitrogens with zero attached hydrogens (tertiary/aromatic N) is 3. The summed E-state index contributed by atoms with van der Waals surface area (Å²) in [7, 11) is 2.06. The van der Waals surface area contributed by atoms with Gasteiger partial charge in [0.1, 0.15) is 5.82 Å². The minimum absolute atomic E-state index is 0.813. The van der Waals surface area contributed by atoms with E-state index in [-0.39, 0.29) is 0 Å². The fourth-order valence-corrected chi connectivity index (χ4v) is 2.22. The van der Waals surface area contributed by atoms with Gasteiger partial charge >= 0.3 is 0 Å². The zero-order chi connectivity index (χ0) is 15.1. The average Bonchev–Trinajstić information content (AvgIpc) is 2.50. The molecule has 21 heavy (non-hydrogen) atoms. The van der Waals surface area contributed by atoms with Gasteiger partial charge in [-0.1, -0.05) is 19.1 Å². The first-order valence-electron chi connectivity index (χ1n) is 7.48. The molecule has 112 valence electrons. The lowest BCUT2D eigenvalue weighted by atomic mass is 10.2. The molecule has 0 amide bonds. The molecule has 0 fully saturated rings. The SMILES string of the molecule is CCCNCc1ccc(N(C)Cc2cccnc2)nc1C. The lowest BCUT2D eigenvalue weighted by Crippen LogP contribution is -2.19. The van der Waals surface area contributed by atoms with Gasteiger partial charge in [0.25, 0.3) is 0 Å². The number of rotatable bonds is 7. The highest BCUT2D eigenvalue weighted by Gasteiger charge is 2.06. The normalized spacial score (nSPS) is 10.6. The third kappa shape index (κ3) is 4.53. The molecule has 4 nitrogen and oxygen atoms in total. The quantitative estimate of drug-likeness (QED) is 0.794. The number of hydrogen-bond acceptors (Lipinski definition) is 4. The maximum atomic E-state index is 4.71. The standard InChI is InChI=1S/C17H24N4/c1-4-9-18-12-16-7-8-17(20-14(16)2)21(3)13-15-6-5-10-19-11-15/h5-8,10-11,18H,4,9,12-13H2,1-3H3. The predicted octanol–water partition coefficient (Wildman–Crippen LogP) is 2.92. The summed E-state index contributed by atoms with van der Waals surface area (Å²) >= 11 is 0. The van der Waals surface area contributed by atoms with Gasteiger partial charge in [0.05, 0.1) is 0 Å². The van der Waals surface area contributed by atoms with Crippen molar-refractivity contribution < 1.29 is 0 Å². The van der Waals surface area contributed by atoms with Crippen LogP contribution < -0.4 is 10.2 Å². The highest BCUT2D eigenvalue weighted by molar-refractivity contribution is 5.41. The smallest absolute Gasteiger partial charge is 0.128 e. The Morgan fingerprint density at radius 1 is 1.24 bits per heavy atom. The third-order valence-electron chi connectivity index (χ3n) is 3.46. The molecule has 0 saturated heterocycles. The van der Waals surface area contributed by atoms with Crippen LogP contribution >= 0.6 is 0 Å². The first-order chi connectivity index (χ1) is 10.2. The molecule has 4 heteroatoms. The molecule has 0 radical (unpaired) electrons. The van der Waals surface area contributed by atoms with Gasteiger partial charge in [-0.3, -0.25) is 4.98 Å². The first-order valence-corrected chi connectivity index (χ1v) is 7.48. The van der Waals surface area contributed by atoms with Crippen molar-refractivity contribution in [3.05, 3.63) is 53.5 Å². The molecule has 0 aliphatic heterocycles. The Morgan fingerprint density at radius 2 is 2.10 bits per heavy atom. The summed E-state index contributed by atoms with van der Waals surface area (Å²) in [4.78, 5) is 11.0. The second-order valence-electron chi connectivity index (χ2n) is 5.31. The van der Waals surface area contributed by atoms with Crippen LogP contribution in [-0.2, 0) is 13.1 Å². The molecule has 0 saturated carbocycles. The van der Waals surface area contributed by atoms with Crippen LogP contribution in [0.3, 0.4) is 0 Å². The number of pyridine rings is 2. The Hall–Kier alpha value is -1.94. The van der Waals surface area contributed by atoms with Crippen LogP contribution in [-0.4, -0.2) is 23.6 Å². The molecular weight excluding hydrogens is 260 g/mol. The van der Waals surface area contributed by atoms with Crippen LogP contribution in [0.25, 0.3) is 0 Å². The Morgan fingerprint density at radius 3 is 2.76 bits per heavy atom. The van der Waals surface area contributed by atoms with E-state index in [2.05, 4.69) is 54.3 Å². The summed E-state index contributed by atoms with van der Waals surface area (Å²) in [6, 6.07) is 8.30. The molecule has 0 aliphatic carbocycles. The number of anilines is 1. The molecule has 2 heterocycles. The lowest BCUT2D eigenvalue weighted by molar-refractivity contribution is 0.670. The largest absolute Gasteiger partial charge is 0.355 e. The van der Waals surface area contributed by atoms with Crippen molar-refractivity contribution in [2.75, 3.05) is 18.5 Å². The van der Waals surface area contributed by atoms with E-state index in [0.29, 0.717) is 0 Å². The zero-order valence-corrected chi connectivity index (χ0v) is 13.1. The van der Waals surface area contributed by atoms with E-state index < -0.39 is 0 Å². The van der Waals surface area contributed by atoms with Crippen LogP contribution in [0.4, 0.5) is 5.82 Å². The van der Waals surface area contributed by atoms with Crippen molar-refractivity contribution in [1.29, 1.82) is 0 Å². The maximum Gasteiger partial charge on any atom is 0.128 e. The Labute approximate surface area is 127 Å². The monoisotopic (exact) mass is 284 g/mol. The number of aromatic nitrogens is 2. The second kappa shape index (κ2) is 7.74. The van der Waals surface area contributed by atoms with E-state index in [4.69, 9.17) is 4.98 Å². The number of hydrogen-bond donors (Lipinski definition) is 1. The van der Waals surface area contributed by atoms with E-state index in [9.17, 15) is 0 Å². The van der Waals surface area contributed by atoms with E-state index in [1.165, 1.54) is 11.1 Å². The average molecular weight is 284 g/mol. The molecule has 2 rings (SSSR count). The summed E-state index contributed by atoms with van der Waals surface area (Å²) in [5.74, 6) is 0.996. The van der Waals surface area contributed by atoms with E-state index >= 15 is 0 Å². The molecule has 2 aromatic heterocycles. The van der Waals surface area contributed by atoms with Gasteiger partial charge in [0.15, 0.2) is 0 Å². The summed E-state index contributed by atoms with van der Waals surface area (Å²) < 4.78 is 0. The molecule has 0 unspecified atom stereocenters. The zero-order valence-electron chi connectivity index (χ0n) is 13.1. The summed E-state index contributed by atoms with van der Waals surface area (Å²) in [5, 5.41) is 3.42. The molecule has 2 aromatic rings. The van der Waals surface area contributed by atoms with Gasteiger partial charge in [-0.15, -0.1) is 0 Å². The molecular formula is C17H24N4. The van der Waals surface area contributed by atoms with Crippen molar-refractivity contribution in [2.45, 2.75) is 33.4 Å². The van der Waals surface area contributed by atoms with Crippen molar-refractivity contribution >= 4 is 5.82 Å². The molecule has 0 atom stereocenters. The van der Waals surface area contributed by atoms with Gasteiger partial charge in [-0.05, 0) is 43.1 Å². The van der Waals surface area contributed by atoms with Gasteiger partial charge in [0.2, 0.25) is 0 Å². The summed E-state index contributed by atoms with van der Waals surface area (Å²) in [5.41, 5.74) is 3.55. The van der Waals surface area contributed by atoms with Crippen molar-refractivity contribution in [3.63, 3.8) is 0 Å². The van der Waals surface area contributed by atoms with Gasteiger partial charge < -0.3 is 10.2 Å². The number of nitrogens with one attached hydrogen (secondary N) is 1.